The maximum Gasteiger partial charge on any atom is 0.303 e. The van der Waals surface area contributed by atoms with Gasteiger partial charge in [0.1, 0.15) is 0 Å². The van der Waals surface area contributed by atoms with Crippen LogP contribution in [0, 0.1) is 0 Å². The van der Waals surface area contributed by atoms with Crippen LogP contribution in [0.25, 0.3) is 0 Å². The number of carbonyl (C=O) groups is 2. The first-order chi connectivity index (χ1) is 12.0. The van der Waals surface area contributed by atoms with Crippen LogP contribution in [-0.2, 0) is 9.59 Å². The fourth-order valence-corrected chi connectivity index (χ4v) is 2.80. The van der Waals surface area contributed by atoms with Crippen LogP contribution in [0.1, 0.15) is 84.0 Å². The fraction of sp³-hybridized carbons (Fsp3) is 0.895. The van der Waals surface area contributed by atoms with Gasteiger partial charge in [0.15, 0.2) is 0 Å². The summed E-state index contributed by atoms with van der Waals surface area (Å²) in [4.78, 5) is 24.3. The number of aliphatic hydroxyl groups excluding tert-OH is 2. The number of aliphatic carboxylic acids is 1. The zero-order chi connectivity index (χ0) is 18.9. The van der Waals surface area contributed by atoms with Crippen LogP contribution in [0.3, 0.4) is 0 Å². The minimum absolute atomic E-state index is 0.00294. The molecule has 0 saturated carbocycles. The van der Waals surface area contributed by atoms with E-state index in [4.69, 9.17) is 10.2 Å². The summed E-state index contributed by atoms with van der Waals surface area (Å²) in [5.41, 5.74) is 0. The molecule has 0 aromatic rings. The number of aliphatic hydroxyl groups is 2. The Morgan fingerprint density at radius 3 is 1.96 bits per heavy atom. The first kappa shape index (κ1) is 23.9. The number of carbonyl (C=O) groups excluding carboxylic acids is 1. The molecule has 25 heavy (non-hydrogen) atoms. The SMILES string of the molecule is CCCCCCCCCCCC(=O)N(CCCC(=O)O)CC(O)CO. The molecule has 0 fully saturated rings. The molecule has 0 radical (unpaired) electrons. The van der Waals surface area contributed by atoms with Crippen LogP contribution in [0.5, 0.6) is 0 Å². The van der Waals surface area contributed by atoms with E-state index in [2.05, 4.69) is 6.92 Å². The molecular weight excluding hydrogens is 322 g/mol. The number of amides is 1. The number of nitrogens with zero attached hydrogens (tertiary/aromatic N) is 1. The number of hydrogen-bond acceptors (Lipinski definition) is 4. The summed E-state index contributed by atoms with van der Waals surface area (Å²) in [5, 5.41) is 27.2. The number of hydrogen-bond donors (Lipinski definition) is 3. The van der Waals surface area contributed by atoms with Gasteiger partial charge in [-0.15, -0.1) is 0 Å². The van der Waals surface area contributed by atoms with Crippen molar-refractivity contribution in [2.45, 2.75) is 90.1 Å². The predicted octanol–water partition coefficient (Wildman–Crippen LogP) is 2.95. The number of carboxylic acid groups (broad SMARTS) is 1. The van der Waals surface area contributed by atoms with Crippen molar-refractivity contribution in [2.24, 2.45) is 0 Å². The summed E-state index contributed by atoms with van der Waals surface area (Å²) < 4.78 is 0. The van der Waals surface area contributed by atoms with E-state index in [0.717, 1.165) is 19.3 Å². The van der Waals surface area contributed by atoms with Crippen molar-refractivity contribution in [1.82, 2.24) is 4.90 Å². The molecule has 3 N–H and O–H groups in total. The summed E-state index contributed by atoms with van der Waals surface area (Å²) in [5.74, 6) is -0.963. The minimum atomic E-state index is -0.975. The molecule has 148 valence electrons. The van der Waals surface area contributed by atoms with Gasteiger partial charge >= 0.3 is 5.97 Å². The third kappa shape index (κ3) is 14.9. The molecule has 6 heteroatoms. The standard InChI is InChI=1S/C19H37NO5/c1-2-3-4-5-6-7-8-9-10-12-18(23)20(15-17(22)16-21)14-11-13-19(24)25/h17,21-22H,2-16H2,1H3,(H,24,25). The van der Waals surface area contributed by atoms with Crippen LogP contribution >= 0.6 is 0 Å². The molecular formula is C19H37NO5. The second-order valence-electron chi connectivity index (χ2n) is 6.75. The highest BCUT2D eigenvalue weighted by molar-refractivity contribution is 5.76. The first-order valence-corrected chi connectivity index (χ1v) is 9.79. The molecule has 1 atom stereocenters. The Labute approximate surface area is 152 Å². The maximum absolute atomic E-state index is 12.3. The van der Waals surface area contributed by atoms with Crippen molar-refractivity contribution in [3.63, 3.8) is 0 Å². The van der Waals surface area contributed by atoms with Crippen molar-refractivity contribution in [2.75, 3.05) is 19.7 Å². The van der Waals surface area contributed by atoms with Crippen molar-refractivity contribution in [3.05, 3.63) is 0 Å². The Kier molecular flexibility index (Phi) is 15.6. The van der Waals surface area contributed by atoms with E-state index in [-0.39, 0.29) is 18.9 Å². The Morgan fingerprint density at radius 2 is 1.44 bits per heavy atom. The van der Waals surface area contributed by atoms with Crippen molar-refractivity contribution in [3.8, 4) is 0 Å². The smallest absolute Gasteiger partial charge is 0.303 e. The molecule has 0 saturated heterocycles. The van der Waals surface area contributed by atoms with Crippen LogP contribution < -0.4 is 0 Å². The summed E-state index contributed by atoms with van der Waals surface area (Å²) in [6, 6.07) is 0. The van der Waals surface area contributed by atoms with Gasteiger partial charge in [-0.3, -0.25) is 9.59 Å². The van der Waals surface area contributed by atoms with E-state index < -0.39 is 18.7 Å². The maximum atomic E-state index is 12.3. The topological polar surface area (TPSA) is 98.1 Å². The van der Waals surface area contributed by atoms with E-state index in [1.54, 1.807) is 0 Å². The highest BCUT2D eigenvalue weighted by atomic mass is 16.4. The van der Waals surface area contributed by atoms with E-state index in [0.29, 0.717) is 19.4 Å². The number of rotatable bonds is 17. The molecule has 1 unspecified atom stereocenters. The number of carboxylic acids is 1. The zero-order valence-electron chi connectivity index (χ0n) is 15.8. The first-order valence-electron chi connectivity index (χ1n) is 9.79. The average Bonchev–Trinajstić information content (AvgIpc) is 2.58. The van der Waals surface area contributed by atoms with Gasteiger partial charge in [-0.25, -0.2) is 0 Å². The molecule has 0 aromatic heterocycles. The fourth-order valence-electron chi connectivity index (χ4n) is 2.80. The van der Waals surface area contributed by atoms with Gasteiger partial charge in [-0.2, -0.15) is 0 Å². The summed E-state index contributed by atoms with van der Waals surface area (Å²) in [7, 11) is 0. The molecule has 6 nitrogen and oxygen atoms in total. The average molecular weight is 360 g/mol. The van der Waals surface area contributed by atoms with Crippen LogP contribution in [0.2, 0.25) is 0 Å². The van der Waals surface area contributed by atoms with Gasteiger partial charge in [-0.1, -0.05) is 58.3 Å². The van der Waals surface area contributed by atoms with Gasteiger partial charge in [-0.05, 0) is 12.8 Å². The highest BCUT2D eigenvalue weighted by Crippen LogP contribution is 2.11. The van der Waals surface area contributed by atoms with Gasteiger partial charge in [0.25, 0.3) is 0 Å². The quantitative estimate of drug-likeness (QED) is 0.347. The Morgan fingerprint density at radius 1 is 0.880 bits per heavy atom. The van der Waals surface area contributed by atoms with Gasteiger partial charge in [0.2, 0.25) is 5.91 Å². The molecule has 0 rings (SSSR count). The Bertz CT molecular complexity index is 349. The van der Waals surface area contributed by atoms with E-state index >= 15 is 0 Å². The lowest BCUT2D eigenvalue weighted by Gasteiger charge is -2.24. The Balaban J connectivity index is 3.93. The Hall–Kier alpha value is -1.14. The monoisotopic (exact) mass is 359 g/mol. The lowest BCUT2D eigenvalue weighted by atomic mass is 10.1. The summed E-state index contributed by atoms with van der Waals surface area (Å²) in [6.07, 6.45) is 10.4. The van der Waals surface area contributed by atoms with Gasteiger partial charge < -0.3 is 20.2 Å². The molecule has 0 aromatic carbocycles. The third-order valence-corrected chi connectivity index (χ3v) is 4.31. The van der Waals surface area contributed by atoms with E-state index in [1.165, 1.54) is 43.4 Å². The van der Waals surface area contributed by atoms with Crippen LogP contribution in [0.4, 0.5) is 0 Å². The van der Waals surface area contributed by atoms with Crippen molar-refractivity contribution < 1.29 is 24.9 Å². The zero-order valence-corrected chi connectivity index (χ0v) is 15.8. The molecule has 0 aliphatic carbocycles. The highest BCUT2D eigenvalue weighted by Gasteiger charge is 2.17. The summed E-state index contributed by atoms with van der Waals surface area (Å²) in [6.45, 7) is 2.17. The predicted molar refractivity (Wildman–Crippen MR) is 98.4 cm³/mol. The normalized spacial score (nSPS) is 12.1. The summed E-state index contributed by atoms with van der Waals surface area (Å²) >= 11 is 0. The van der Waals surface area contributed by atoms with E-state index in [9.17, 15) is 14.7 Å². The molecule has 0 aliphatic heterocycles. The molecule has 0 spiro atoms. The molecule has 0 aliphatic rings. The second-order valence-corrected chi connectivity index (χ2v) is 6.75. The molecule has 1 amide bonds. The van der Waals surface area contributed by atoms with Gasteiger partial charge in [0.05, 0.1) is 12.7 Å². The lowest BCUT2D eigenvalue weighted by Crippen LogP contribution is -2.39. The second kappa shape index (κ2) is 16.3. The third-order valence-electron chi connectivity index (χ3n) is 4.31. The van der Waals surface area contributed by atoms with Crippen molar-refractivity contribution in [1.29, 1.82) is 0 Å². The molecule has 0 heterocycles. The molecule has 0 bridgehead atoms. The van der Waals surface area contributed by atoms with Crippen LogP contribution in [-0.4, -0.2) is 57.9 Å². The van der Waals surface area contributed by atoms with Gasteiger partial charge in [0, 0.05) is 25.9 Å². The van der Waals surface area contributed by atoms with E-state index in [1.807, 2.05) is 0 Å². The van der Waals surface area contributed by atoms with Crippen LogP contribution in [0.15, 0.2) is 0 Å². The van der Waals surface area contributed by atoms with Crippen molar-refractivity contribution >= 4 is 11.9 Å². The number of unbranched alkanes of at least 4 members (excludes halogenated alkanes) is 8. The lowest BCUT2D eigenvalue weighted by molar-refractivity contribution is -0.138. The largest absolute Gasteiger partial charge is 0.481 e. The minimum Gasteiger partial charge on any atom is -0.481 e.